The van der Waals surface area contributed by atoms with Crippen molar-refractivity contribution < 1.29 is 5.11 Å². The van der Waals surface area contributed by atoms with Crippen LogP contribution in [0.5, 0.6) is 0 Å². The highest BCUT2D eigenvalue weighted by Gasteiger charge is 2.48. The first kappa shape index (κ1) is 13.2. The maximum atomic E-state index is 10.9. The van der Waals surface area contributed by atoms with Crippen LogP contribution in [0.2, 0.25) is 10.0 Å². The Balaban J connectivity index is 2.42. The summed E-state index contributed by atoms with van der Waals surface area (Å²) in [4.78, 5) is 0. The Bertz CT molecular complexity index is 442. The van der Waals surface area contributed by atoms with E-state index in [9.17, 15) is 5.11 Å². The third-order valence-corrected chi connectivity index (χ3v) is 4.58. The summed E-state index contributed by atoms with van der Waals surface area (Å²) in [6.07, 6.45) is 1.78. The number of benzene rings is 1. The van der Waals surface area contributed by atoms with E-state index in [-0.39, 0.29) is 11.3 Å². The van der Waals surface area contributed by atoms with Crippen molar-refractivity contribution in [2.24, 2.45) is 11.3 Å². The van der Waals surface area contributed by atoms with Crippen LogP contribution in [0.15, 0.2) is 18.2 Å². The summed E-state index contributed by atoms with van der Waals surface area (Å²) in [5.74, 6) is 0.231. The molecule has 1 aliphatic rings. The van der Waals surface area contributed by atoms with Crippen LogP contribution in [0.1, 0.15) is 39.2 Å². The van der Waals surface area contributed by atoms with E-state index in [0.717, 1.165) is 18.4 Å². The molecule has 2 rings (SSSR count). The Morgan fingerprint density at radius 2 is 1.88 bits per heavy atom. The lowest BCUT2D eigenvalue weighted by Gasteiger charge is -2.29. The molecule has 1 nitrogen and oxygen atoms in total. The van der Waals surface area contributed by atoms with E-state index in [2.05, 4.69) is 20.8 Å². The van der Waals surface area contributed by atoms with Crippen molar-refractivity contribution >= 4 is 23.2 Å². The topological polar surface area (TPSA) is 20.2 Å². The van der Waals surface area contributed by atoms with Crippen LogP contribution in [0.25, 0.3) is 0 Å². The lowest BCUT2D eigenvalue weighted by Crippen LogP contribution is -2.29. The van der Waals surface area contributed by atoms with E-state index >= 15 is 0 Å². The summed E-state index contributed by atoms with van der Waals surface area (Å²) in [6.45, 7) is 6.48. The van der Waals surface area contributed by atoms with Gasteiger partial charge in [0.25, 0.3) is 0 Å². The van der Waals surface area contributed by atoms with Crippen molar-refractivity contribution in [1.29, 1.82) is 0 Å². The minimum atomic E-state index is -0.780. The molecule has 3 heteroatoms. The zero-order chi connectivity index (χ0) is 12.8. The molecule has 0 aliphatic heterocycles. The van der Waals surface area contributed by atoms with Gasteiger partial charge in [-0.25, -0.2) is 0 Å². The van der Waals surface area contributed by atoms with Crippen LogP contribution in [0.4, 0.5) is 0 Å². The number of hydrogen-bond donors (Lipinski definition) is 1. The highest BCUT2D eigenvalue weighted by Crippen LogP contribution is 2.52. The minimum Gasteiger partial charge on any atom is -0.385 e. The third kappa shape index (κ3) is 2.33. The van der Waals surface area contributed by atoms with Crippen LogP contribution in [0.3, 0.4) is 0 Å². The normalized spacial score (nSPS) is 31.8. The average molecular weight is 273 g/mol. The Labute approximate surface area is 113 Å². The van der Waals surface area contributed by atoms with Gasteiger partial charge in [-0.15, -0.1) is 0 Å². The molecule has 2 atom stereocenters. The summed E-state index contributed by atoms with van der Waals surface area (Å²) >= 11 is 11.9. The molecule has 1 N–H and O–H groups in total. The smallest absolute Gasteiger partial charge is 0.0927 e. The molecule has 0 radical (unpaired) electrons. The van der Waals surface area contributed by atoms with Gasteiger partial charge < -0.3 is 5.11 Å². The van der Waals surface area contributed by atoms with Crippen molar-refractivity contribution in [3.63, 3.8) is 0 Å². The van der Waals surface area contributed by atoms with Crippen LogP contribution < -0.4 is 0 Å². The molecule has 0 amide bonds. The highest BCUT2D eigenvalue weighted by molar-refractivity contribution is 6.42. The standard InChI is InChI=1S/C14H18Cl2O/c1-9-7-13(2,3)8-14(9,17)10-4-5-11(15)12(16)6-10/h4-6,9,17H,7-8H2,1-3H3. The molecule has 0 aromatic heterocycles. The fourth-order valence-electron chi connectivity index (χ4n) is 3.13. The maximum absolute atomic E-state index is 10.9. The van der Waals surface area contributed by atoms with Crippen LogP contribution in [-0.4, -0.2) is 5.11 Å². The van der Waals surface area contributed by atoms with Crippen molar-refractivity contribution in [3.8, 4) is 0 Å². The quantitative estimate of drug-likeness (QED) is 0.790. The first-order valence-corrected chi connectivity index (χ1v) is 6.68. The molecule has 0 bridgehead atoms. The molecule has 1 aromatic carbocycles. The number of rotatable bonds is 1. The van der Waals surface area contributed by atoms with E-state index in [1.54, 1.807) is 12.1 Å². The molecule has 17 heavy (non-hydrogen) atoms. The second-order valence-corrected chi connectivity index (χ2v) is 6.81. The first-order chi connectivity index (χ1) is 7.74. The molecule has 1 fully saturated rings. The van der Waals surface area contributed by atoms with E-state index < -0.39 is 5.60 Å². The molecular formula is C14H18Cl2O. The predicted octanol–water partition coefficient (Wildman–Crippen LogP) is 4.64. The Kier molecular flexibility index (Phi) is 3.22. The molecular weight excluding hydrogens is 255 g/mol. The predicted molar refractivity (Wildman–Crippen MR) is 72.5 cm³/mol. The van der Waals surface area contributed by atoms with E-state index in [0.29, 0.717) is 10.0 Å². The zero-order valence-electron chi connectivity index (χ0n) is 10.4. The minimum absolute atomic E-state index is 0.167. The van der Waals surface area contributed by atoms with Gasteiger partial charge in [-0.05, 0) is 41.9 Å². The molecule has 2 unspecified atom stereocenters. The van der Waals surface area contributed by atoms with Gasteiger partial charge in [-0.3, -0.25) is 0 Å². The lowest BCUT2D eigenvalue weighted by molar-refractivity contribution is -0.000831. The summed E-state index contributed by atoms with van der Waals surface area (Å²) in [7, 11) is 0. The fourth-order valence-corrected chi connectivity index (χ4v) is 3.42. The van der Waals surface area contributed by atoms with Crippen LogP contribution in [-0.2, 0) is 5.60 Å². The second kappa shape index (κ2) is 4.15. The number of hydrogen-bond acceptors (Lipinski definition) is 1. The van der Waals surface area contributed by atoms with Gasteiger partial charge in [0.15, 0.2) is 0 Å². The van der Waals surface area contributed by atoms with Gasteiger partial charge >= 0.3 is 0 Å². The molecule has 1 saturated carbocycles. The molecule has 94 valence electrons. The van der Waals surface area contributed by atoms with E-state index in [1.165, 1.54) is 0 Å². The van der Waals surface area contributed by atoms with Gasteiger partial charge in [-0.2, -0.15) is 0 Å². The molecule has 0 spiro atoms. The average Bonchev–Trinajstić information content (AvgIpc) is 2.41. The summed E-state index contributed by atoms with van der Waals surface area (Å²) in [6, 6.07) is 5.43. The molecule has 1 aliphatic carbocycles. The Morgan fingerprint density at radius 3 is 2.35 bits per heavy atom. The van der Waals surface area contributed by atoms with E-state index in [1.807, 2.05) is 6.07 Å². The summed E-state index contributed by atoms with van der Waals surface area (Å²) in [5.41, 5.74) is 0.267. The largest absolute Gasteiger partial charge is 0.385 e. The first-order valence-electron chi connectivity index (χ1n) is 5.92. The maximum Gasteiger partial charge on any atom is 0.0927 e. The van der Waals surface area contributed by atoms with Crippen LogP contribution >= 0.6 is 23.2 Å². The Hall–Kier alpha value is -0.240. The number of halogens is 2. The monoisotopic (exact) mass is 272 g/mol. The van der Waals surface area contributed by atoms with Crippen molar-refractivity contribution in [2.75, 3.05) is 0 Å². The van der Waals surface area contributed by atoms with Gasteiger partial charge in [0.05, 0.1) is 15.6 Å². The van der Waals surface area contributed by atoms with Crippen molar-refractivity contribution in [3.05, 3.63) is 33.8 Å². The third-order valence-electron chi connectivity index (χ3n) is 3.84. The molecule has 0 heterocycles. The summed E-state index contributed by atoms with van der Waals surface area (Å²) in [5, 5.41) is 11.9. The van der Waals surface area contributed by atoms with Crippen LogP contribution in [0, 0.1) is 11.3 Å². The summed E-state index contributed by atoms with van der Waals surface area (Å²) < 4.78 is 0. The Morgan fingerprint density at radius 1 is 1.24 bits per heavy atom. The molecule has 0 saturated heterocycles. The molecule has 1 aromatic rings. The highest BCUT2D eigenvalue weighted by atomic mass is 35.5. The van der Waals surface area contributed by atoms with Crippen molar-refractivity contribution in [2.45, 2.75) is 39.2 Å². The lowest BCUT2D eigenvalue weighted by atomic mass is 9.84. The number of aliphatic hydroxyl groups is 1. The fraction of sp³-hybridized carbons (Fsp3) is 0.571. The van der Waals surface area contributed by atoms with Crippen molar-refractivity contribution in [1.82, 2.24) is 0 Å². The van der Waals surface area contributed by atoms with E-state index in [4.69, 9.17) is 23.2 Å². The van der Waals surface area contributed by atoms with Gasteiger partial charge in [0.1, 0.15) is 0 Å². The van der Waals surface area contributed by atoms with Gasteiger partial charge in [-0.1, -0.05) is 50.0 Å². The zero-order valence-corrected chi connectivity index (χ0v) is 11.9. The van der Waals surface area contributed by atoms with Gasteiger partial charge in [0.2, 0.25) is 0 Å². The van der Waals surface area contributed by atoms with Gasteiger partial charge in [0, 0.05) is 0 Å². The SMILES string of the molecule is CC1CC(C)(C)CC1(O)c1ccc(Cl)c(Cl)c1. The second-order valence-electron chi connectivity index (χ2n) is 6.00.